The fourth-order valence-corrected chi connectivity index (χ4v) is 2.06. The molecule has 0 atom stereocenters. The Morgan fingerprint density at radius 2 is 2.00 bits per heavy atom. The first-order valence-electron chi connectivity index (χ1n) is 7.35. The van der Waals surface area contributed by atoms with E-state index < -0.39 is 5.54 Å². The lowest BCUT2D eigenvalue weighted by Gasteiger charge is -2.11. The predicted molar refractivity (Wildman–Crippen MR) is 89.8 cm³/mol. The molecule has 1 fully saturated rings. The topological polar surface area (TPSA) is 84.2 Å². The summed E-state index contributed by atoms with van der Waals surface area (Å²) in [6.07, 6.45) is 2.00. The van der Waals surface area contributed by atoms with Gasteiger partial charge in [-0.15, -0.1) is 12.4 Å². The number of rotatable bonds is 6. The number of nitrogens with two attached hydrogens (primary N) is 1. The molecule has 1 aromatic carbocycles. The van der Waals surface area contributed by atoms with Crippen molar-refractivity contribution >= 4 is 29.9 Å². The van der Waals surface area contributed by atoms with Crippen molar-refractivity contribution in [3.05, 3.63) is 29.8 Å². The molecule has 0 spiro atoms. The minimum Gasteiger partial charge on any atom is -0.350 e. The van der Waals surface area contributed by atoms with E-state index in [0.717, 1.165) is 24.1 Å². The Balaban J connectivity index is 0.00000242. The highest BCUT2D eigenvalue weighted by molar-refractivity contribution is 5.91. The van der Waals surface area contributed by atoms with E-state index in [4.69, 9.17) is 5.73 Å². The molecular formula is C16H24ClN3O2. The number of carbonyl (C=O) groups excluding carboxylic acids is 2. The van der Waals surface area contributed by atoms with E-state index in [1.165, 1.54) is 0 Å². The summed E-state index contributed by atoms with van der Waals surface area (Å²) in [5.74, 6) is 0.230. The number of amides is 2. The number of benzene rings is 1. The van der Waals surface area contributed by atoms with Crippen LogP contribution in [0.4, 0.5) is 5.69 Å². The van der Waals surface area contributed by atoms with E-state index in [1.807, 2.05) is 38.1 Å². The Bertz CT molecular complexity index is 542. The van der Waals surface area contributed by atoms with Gasteiger partial charge in [-0.05, 0) is 36.5 Å². The lowest BCUT2D eigenvalue weighted by atomic mass is 10.1. The maximum absolute atomic E-state index is 11.8. The molecule has 0 bridgehead atoms. The van der Waals surface area contributed by atoms with Crippen LogP contribution in [0.5, 0.6) is 0 Å². The van der Waals surface area contributed by atoms with Gasteiger partial charge in [-0.1, -0.05) is 26.0 Å². The highest BCUT2D eigenvalue weighted by Gasteiger charge is 2.45. The quantitative estimate of drug-likeness (QED) is 0.749. The SMILES string of the molecule is CC(C)CC(=O)Nc1cccc(CNC(=O)C2(N)CC2)c1.Cl. The van der Waals surface area contributed by atoms with Crippen LogP contribution in [0, 0.1) is 5.92 Å². The first-order valence-corrected chi connectivity index (χ1v) is 7.35. The minimum atomic E-state index is -0.650. The van der Waals surface area contributed by atoms with E-state index >= 15 is 0 Å². The number of nitrogens with one attached hydrogen (secondary N) is 2. The highest BCUT2D eigenvalue weighted by Crippen LogP contribution is 2.32. The summed E-state index contributed by atoms with van der Waals surface area (Å²) in [6, 6.07) is 7.49. The summed E-state index contributed by atoms with van der Waals surface area (Å²) in [6.45, 7) is 4.43. The molecule has 0 heterocycles. The van der Waals surface area contributed by atoms with Gasteiger partial charge in [0, 0.05) is 18.7 Å². The average Bonchev–Trinajstić information content (AvgIpc) is 3.14. The van der Waals surface area contributed by atoms with E-state index in [1.54, 1.807) is 0 Å². The third-order valence-electron chi connectivity index (χ3n) is 3.50. The van der Waals surface area contributed by atoms with Gasteiger partial charge in [-0.2, -0.15) is 0 Å². The summed E-state index contributed by atoms with van der Waals surface area (Å²) >= 11 is 0. The van der Waals surface area contributed by atoms with E-state index in [9.17, 15) is 9.59 Å². The van der Waals surface area contributed by atoms with Crippen LogP contribution in [-0.2, 0) is 16.1 Å². The summed E-state index contributed by atoms with van der Waals surface area (Å²) < 4.78 is 0. The fraction of sp³-hybridized carbons (Fsp3) is 0.500. The van der Waals surface area contributed by atoms with Gasteiger partial charge in [0.15, 0.2) is 0 Å². The minimum absolute atomic E-state index is 0. The van der Waals surface area contributed by atoms with Crippen LogP contribution >= 0.6 is 12.4 Å². The van der Waals surface area contributed by atoms with Crippen molar-refractivity contribution in [2.75, 3.05) is 5.32 Å². The number of anilines is 1. The molecule has 2 rings (SSSR count). The smallest absolute Gasteiger partial charge is 0.240 e. The largest absolute Gasteiger partial charge is 0.350 e. The molecule has 1 saturated carbocycles. The molecular weight excluding hydrogens is 302 g/mol. The molecule has 6 heteroatoms. The zero-order chi connectivity index (χ0) is 15.5. The van der Waals surface area contributed by atoms with Crippen molar-refractivity contribution in [3.63, 3.8) is 0 Å². The average molecular weight is 326 g/mol. The molecule has 5 nitrogen and oxygen atoms in total. The molecule has 0 aromatic heterocycles. The van der Waals surface area contributed by atoms with E-state index in [0.29, 0.717) is 18.9 Å². The van der Waals surface area contributed by atoms with Crippen molar-refractivity contribution in [3.8, 4) is 0 Å². The van der Waals surface area contributed by atoms with Crippen LogP contribution in [0.3, 0.4) is 0 Å². The zero-order valence-corrected chi connectivity index (χ0v) is 13.8. The van der Waals surface area contributed by atoms with E-state index in [-0.39, 0.29) is 24.2 Å². The first-order chi connectivity index (χ1) is 9.89. The normalized spacial score (nSPS) is 14.9. The summed E-state index contributed by atoms with van der Waals surface area (Å²) in [4.78, 5) is 23.5. The molecule has 2 amide bonds. The van der Waals surface area contributed by atoms with Crippen LogP contribution in [0.15, 0.2) is 24.3 Å². The van der Waals surface area contributed by atoms with Gasteiger partial charge in [-0.25, -0.2) is 0 Å². The number of hydrogen-bond donors (Lipinski definition) is 3. The summed E-state index contributed by atoms with van der Waals surface area (Å²) in [7, 11) is 0. The second-order valence-corrected chi connectivity index (χ2v) is 6.19. The lowest BCUT2D eigenvalue weighted by Crippen LogP contribution is -2.42. The molecule has 122 valence electrons. The van der Waals surface area contributed by atoms with Crippen LogP contribution in [0.25, 0.3) is 0 Å². The van der Waals surface area contributed by atoms with Gasteiger partial charge in [0.05, 0.1) is 5.54 Å². The third-order valence-corrected chi connectivity index (χ3v) is 3.50. The van der Waals surface area contributed by atoms with Crippen molar-refractivity contribution in [1.29, 1.82) is 0 Å². The number of carbonyl (C=O) groups is 2. The predicted octanol–water partition coefficient (Wildman–Crippen LogP) is 2.20. The van der Waals surface area contributed by atoms with Crippen LogP contribution in [-0.4, -0.2) is 17.4 Å². The Morgan fingerprint density at radius 1 is 1.32 bits per heavy atom. The maximum Gasteiger partial charge on any atom is 0.240 e. The standard InChI is InChI=1S/C16H23N3O2.ClH/c1-11(2)8-14(20)19-13-5-3-4-12(9-13)10-18-15(21)16(17)6-7-16;/h3-5,9,11H,6-8,10,17H2,1-2H3,(H,18,21)(H,19,20);1H. The van der Waals surface area contributed by atoms with Crippen molar-refractivity contribution in [2.45, 2.75) is 45.2 Å². The molecule has 22 heavy (non-hydrogen) atoms. The summed E-state index contributed by atoms with van der Waals surface area (Å²) in [5.41, 5.74) is 6.87. The number of hydrogen-bond acceptors (Lipinski definition) is 3. The molecule has 0 unspecified atom stereocenters. The zero-order valence-electron chi connectivity index (χ0n) is 13.0. The second-order valence-electron chi connectivity index (χ2n) is 6.19. The number of halogens is 1. The highest BCUT2D eigenvalue weighted by atomic mass is 35.5. The molecule has 0 saturated heterocycles. The van der Waals surface area contributed by atoms with Crippen molar-refractivity contribution in [1.82, 2.24) is 5.32 Å². The summed E-state index contributed by atoms with van der Waals surface area (Å²) in [5, 5.41) is 5.71. The fourth-order valence-electron chi connectivity index (χ4n) is 2.06. The van der Waals surface area contributed by atoms with Crippen LogP contribution in [0.1, 0.15) is 38.7 Å². The molecule has 1 aliphatic rings. The Kier molecular flexibility index (Phi) is 6.38. The van der Waals surface area contributed by atoms with Gasteiger partial charge in [0.2, 0.25) is 11.8 Å². The van der Waals surface area contributed by atoms with E-state index in [2.05, 4.69) is 10.6 Å². The van der Waals surface area contributed by atoms with Gasteiger partial charge in [-0.3, -0.25) is 9.59 Å². The van der Waals surface area contributed by atoms with Gasteiger partial charge in [0.25, 0.3) is 0 Å². The van der Waals surface area contributed by atoms with Gasteiger partial charge < -0.3 is 16.4 Å². The second kappa shape index (κ2) is 7.61. The first kappa shape index (κ1) is 18.5. The molecule has 1 aliphatic carbocycles. The van der Waals surface area contributed by atoms with Crippen molar-refractivity contribution < 1.29 is 9.59 Å². The van der Waals surface area contributed by atoms with Gasteiger partial charge >= 0.3 is 0 Å². The molecule has 1 aromatic rings. The Morgan fingerprint density at radius 3 is 2.59 bits per heavy atom. The molecule has 0 aliphatic heterocycles. The van der Waals surface area contributed by atoms with Crippen LogP contribution in [0.2, 0.25) is 0 Å². The van der Waals surface area contributed by atoms with Gasteiger partial charge in [0.1, 0.15) is 0 Å². The van der Waals surface area contributed by atoms with Crippen LogP contribution < -0.4 is 16.4 Å². The molecule has 4 N–H and O–H groups in total. The molecule has 0 radical (unpaired) electrons. The Labute approximate surface area is 137 Å². The Hall–Kier alpha value is -1.59. The maximum atomic E-state index is 11.8. The lowest BCUT2D eigenvalue weighted by molar-refractivity contribution is -0.123. The van der Waals surface area contributed by atoms with Crippen molar-refractivity contribution in [2.24, 2.45) is 11.7 Å². The monoisotopic (exact) mass is 325 g/mol. The third kappa shape index (κ3) is 5.31.